The second-order valence-electron chi connectivity index (χ2n) is 4.46. The number of hydrogen-bond donors (Lipinski definition) is 2. The van der Waals surface area contributed by atoms with Crippen molar-refractivity contribution in [2.24, 2.45) is 5.84 Å². The number of nitrogen functional groups attached to an aromatic ring is 1. The zero-order valence-electron chi connectivity index (χ0n) is 11.3. The number of nitrogens with two attached hydrogens (primary N) is 1. The van der Waals surface area contributed by atoms with Gasteiger partial charge in [-0.2, -0.15) is 0 Å². The molecule has 0 aliphatic rings. The van der Waals surface area contributed by atoms with E-state index in [2.05, 4.69) is 26.3 Å². The highest BCUT2D eigenvalue weighted by molar-refractivity contribution is 9.10. The highest BCUT2D eigenvalue weighted by Gasteiger charge is 2.15. The van der Waals surface area contributed by atoms with Crippen molar-refractivity contribution in [3.8, 4) is 0 Å². The molecule has 1 amide bonds. The average molecular weight is 370 g/mol. The molecule has 2 aromatic rings. The van der Waals surface area contributed by atoms with E-state index in [0.717, 1.165) is 10.0 Å². The van der Waals surface area contributed by atoms with Crippen LogP contribution in [0.25, 0.3) is 0 Å². The Hall–Kier alpha value is -1.63. The molecule has 21 heavy (non-hydrogen) atoms. The number of rotatable bonds is 4. The molecule has 0 fully saturated rings. The Morgan fingerprint density at radius 2 is 2.14 bits per heavy atom. The Labute approximate surface area is 136 Å². The SMILES string of the molecule is CN(Cc1ccccc1Br)C(=O)c1cc(Cl)nc(NN)c1. The largest absolute Gasteiger partial charge is 0.337 e. The Morgan fingerprint density at radius 1 is 1.43 bits per heavy atom. The lowest BCUT2D eigenvalue weighted by atomic mass is 10.2. The summed E-state index contributed by atoms with van der Waals surface area (Å²) in [4.78, 5) is 18.0. The third-order valence-corrected chi connectivity index (χ3v) is 3.87. The predicted molar refractivity (Wildman–Crippen MR) is 87.0 cm³/mol. The van der Waals surface area contributed by atoms with Gasteiger partial charge in [-0.1, -0.05) is 45.7 Å². The van der Waals surface area contributed by atoms with Crippen LogP contribution < -0.4 is 11.3 Å². The van der Waals surface area contributed by atoms with Gasteiger partial charge in [0.25, 0.3) is 5.91 Å². The van der Waals surface area contributed by atoms with E-state index < -0.39 is 0 Å². The minimum Gasteiger partial charge on any atom is -0.337 e. The van der Waals surface area contributed by atoms with Gasteiger partial charge in [-0.15, -0.1) is 0 Å². The maximum absolute atomic E-state index is 12.4. The molecule has 2 rings (SSSR count). The van der Waals surface area contributed by atoms with Crippen LogP contribution in [0.1, 0.15) is 15.9 Å². The van der Waals surface area contributed by atoms with Gasteiger partial charge in [-0.25, -0.2) is 10.8 Å². The molecule has 0 aliphatic heterocycles. The number of anilines is 1. The van der Waals surface area contributed by atoms with Gasteiger partial charge in [-0.3, -0.25) is 4.79 Å². The summed E-state index contributed by atoms with van der Waals surface area (Å²) in [5.74, 6) is 5.49. The molecule has 5 nitrogen and oxygen atoms in total. The van der Waals surface area contributed by atoms with Gasteiger partial charge in [0.2, 0.25) is 0 Å². The number of benzene rings is 1. The molecule has 1 aromatic heterocycles. The van der Waals surface area contributed by atoms with Crippen molar-refractivity contribution in [1.29, 1.82) is 0 Å². The lowest BCUT2D eigenvalue weighted by molar-refractivity contribution is 0.0785. The summed E-state index contributed by atoms with van der Waals surface area (Å²) in [5.41, 5.74) is 3.83. The van der Waals surface area contributed by atoms with Crippen molar-refractivity contribution >= 4 is 39.3 Å². The van der Waals surface area contributed by atoms with E-state index in [1.165, 1.54) is 6.07 Å². The molecule has 1 heterocycles. The van der Waals surface area contributed by atoms with Crippen LogP contribution in [0.4, 0.5) is 5.82 Å². The Kier molecular flexibility index (Phi) is 5.17. The monoisotopic (exact) mass is 368 g/mol. The van der Waals surface area contributed by atoms with E-state index in [0.29, 0.717) is 17.9 Å². The first-order valence-corrected chi connectivity index (χ1v) is 7.31. The summed E-state index contributed by atoms with van der Waals surface area (Å²) >= 11 is 9.35. The number of aromatic nitrogens is 1. The predicted octanol–water partition coefficient (Wildman–Crippen LogP) is 3.06. The van der Waals surface area contributed by atoms with E-state index >= 15 is 0 Å². The summed E-state index contributed by atoms with van der Waals surface area (Å²) in [5, 5.41) is 0.211. The molecular formula is C14H14BrClN4O. The van der Waals surface area contributed by atoms with E-state index in [-0.39, 0.29) is 11.1 Å². The number of carbonyl (C=O) groups is 1. The summed E-state index contributed by atoms with van der Waals surface area (Å²) < 4.78 is 0.960. The van der Waals surface area contributed by atoms with Crippen LogP contribution in [0, 0.1) is 0 Å². The first kappa shape index (κ1) is 15.8. The van der Waals surface area contributed by atoms with E-state index in [1.54, 1.807) is 18.0 Å². The van der Waals surface area contributed by atoms with E-state index in [9.17, 15) is 4.79 Å². The highest BCUT2D eigenvalue weighted by Crippen LogP contribution is 2.20. The number of nitrogens with zero attached hydrogens (tertiary/aromatic N) is 2. The summed E-state index contributed by atoms with van der Waals surface area (Å²) in [7, 11) is 1.73. The molecule has 0 atom stereocenters. The first-order chi connectivity index (χ1) is 10.0. The molecule has 3 N–H and O–H groups in total. The van der Waals surface area contributed by atoms with Crippen molar-refractivity contribution < 1.29 is 4.79 Å². The van der Waals surface area contributed by atoms with Crippen molar-refractivity contribution in [1.82, 2.24) is 9.88 Å². The maximum Gasteiger partial charge on any atom is 0.254 e. The number of pyridine rings is 1. The molecule has 0 aliphatic carbocycles. The normalized spacial score (nSPS) is 10.3. The van der Waals surface area contributed by atoms with Crippen LogP contribution in [-0.2, 0) is 6.54 Å². The summed E-state index contributed by atoms with van der Waals surface area (Å²) in [6.07, 6.45) is 0. The average Bonchev–Trinajstić information content (AvgIpc) is 2.48. The van der Waals surface area contributed by atoms with Crippen LogP contribution in [0.3, 0.4) is 0 Å². The molecule has 0 radical (unpaired) electrons. The van der Waals surface area contributed by atoms with Crippen LogP contribution in [0.2, 0.25) is 5.15 Å². The summed E-state index contributed by atoms with van der Waals surface area (Å²) in [6, 6.07) is 10.8. The van der Waals surface area contributed by atoms with Gasteiger partial charge in [0.05, 0.1) is 0 Å². The quantitative estimate of drug-likeness (QED) is 0.494. The van der Waals surface area contributed by atoms with Gasteiger partial charge in [0, 0.05) is 23.6 Å². The lowest BCUT2D eigenvalue weighted by Gasteiger charge is -2.18. The highest BCUT2D eigenvalue weighted by atomic mass is 79.9. The standard InChI is InChI=1S/C14H14BrClN4O/c1-20(8-9-4-2-3-5-11(9)15)14(21)10-6-12(16)18-13(7-10)19-17/h2-7H,8,17H2,1H3,(H,18,19). The molecule has 1 aromatic carbocycles. The minimum absolute atomic E-state index is 0.161. The van der Waals surface area contributed by atoms with Crippen molar-refractivity contribution in [3.05, 3.63) is 57.2 Å². The van der Waals surface area contributed by atoms with Crippen LogP contribution in [0.5, 0.6) is 0 Å². The Morgan fingerprint density at radius 3 is 2.81 bits per heavy atom. The maximum atomic E-state index is 12.4. The molecule has 0 bridgehead atoms. The fraction of sp³-hybridized carbons (Fsp3) is 0.143. The number of halogens is 2. The van der Waals surface area contributed by atoms with Crippen LogP contribution in [0.15, 0.2) is 40.9 Å². The van der Waals surface area contributed by atoms with Gasteiger partial charge in [0.1, 0.15) is 11.0 Å². The summed E-state index contributed by atoms with van der Waals surface area (Å²) in [6.45, 7) is 0.478. The van der Waals surface area contributed by atoms with E-state index in [4.69, 9.17) is 17.4 Å². The van der Waals surface area contributed by atoms with Gasteiger partial charge in [0.15, 0.2) is 0 Å². The van der Waals surface area contributed by atoms with Gasteiger partial charge < -0.3 is 10.3 Å². The zero-order chi connectivity index (χ0) is 15.4. The molecule has 110 valence electrons. The number of carbonyl (C=O) groups excluding carboxylic acids is 1. The minimum atomic E-state index is -0.161. The zero-order valence-corrected chi connectivity index (χ0v) is 13.6. The smallest absolute Gasteiger partial charge is 0.254 e. The fourth-order valence-corrected chi connectivity index (χ4v) is 2.49. The Balaban J connectivity index is 2.20. The molecule has 0 spiro atoms. The van der Waals surface area contributed by atoms with Crippen LogP contribution >= 0.6 is 27.5 Å². The number of nitrogens with one attached hydrogen (secondary N) is 1. The number of hydrogen-bond acceptors (Lipinski definition) is 4. The molecule has 7 heteroatoms. The van der Waals surface area contributed by atoms with Crippen molar-refractivity contribution in [2.75, 3.05) is 12.5 Å². The van der Waals surface area contributed by atoms with Gasteiger partial charge in [-0.05, 0) is 23.8 Å². The fourth-order valence-electron chi connectivity index (χ4n) is 1.87. The lowest BCUT2D eigenvalue weighted by Crippen LogP contribution is -2.26. The van der Waals surface area contributed by atoms with Crippen molar-refractivity contribution in [3.63, 3.8) is 0 Å². The number of amides is 1. The second kappa shape index (κ2) is 6.89. The van der Waals surface area contributed by atoms with E-state index in [1.807, 2.05) is 24.3 Å². The topological polar surface area (TPSA) is 71.2 Å². The Bertz CT molecular complexity index is 665. The first-order valence-electron chi connectivity index (χ1n) is 6.14. The van der Waals surface area contributed by atoms with Crippen molar-refractivity contribution in [2.45, 2.75) is 6.54 Å². The number of hydrazine groups is 1. The van der Waals surface area contributed by atoms with Crippen LogP contribution in [-0.4, -0.2) is 22.8 Å². The second-order valence-corrected chi connectivity index (χ2v) is 5.70. The molecule has 0 saturated heterocycles. The molecule has 0 saturated carbocycles. The molecule has 0 unspecified atom stereocenters. The molecular weight excluding hydrogens is 356 g/mol. The third-order valence-electron chi connectivity index (χ3n) is 2.90. The third kappa shape index (κ3) is 3.93. The van der Waals surface area contributed by atoms with Gasteiger partial charge >= 0.3 is 0 Å².